The number of nitrogens with one attached hydrogen (secondary N) is 1. The van der Waals surface area contributed by atoms with Crippen molar-refractivity contribution in [3.63, 3.8) is 0 Å². The third kappa shape index (κ3) is 4.12. The maximum Gasteiger partial charge on any atom is 0.260 e. The first-order valence-electron chi connectivity index (χ1n) is 7.00. The summed E-state index contributed by atoms with van der Waals surface area (Å²) in [7, 11) is 0. The van der Waals surface area contributed by atoms with Crippen LogP contribution in [-0.4, -0.2) is 21.1 Å². The van der Waals surface area contributed by atoms with Crippen LogP contribution >= 0.6 is 22.9 Å². The smallest absolute Gasteiger partial charge is 0.260 e. The summed E-state index contributed by atoms with van der Waals surface area (Å²) < 4.78 is 0. The van der Waals surface area contributed by atoms with Gasteiger partial charge in [-0.05, 0) is 24.1 Å². The molecule has 23 heavy (non-hydrogen) atoms. The van der Waals surface area contributed by atoms with Crippen molar-refractivity contribution in [3.05, 3.63) is 69.9 Å². The van der Waals surface area contributed by atoms with Crippen molar-refractivity contribution in [1.82, 2.24) is 15.2 Å². The summed E-state index contributed by atoms with van der Waals surface area (Å²) in [6.07, 6.45) is 3.20. The summed E-state index contributed by atoms with van der Waals surface area (Å²) >= 11 is 7.27. The SMILES string of the molecule is O=C(Nc1nnc(CCc2ccccc2)s1)c1cccnc1Cl. The van der Waals surface area contributed by atoms with Gasteiger partial charge in [0, 0.05) is 12.6 Å². The predicted molar refractivity (Wildman–Crippen MR) is 91.0 cm³/mol. The van der Waals surface area contributed by atoms with Gasteiger partial charge in [-0.2, -0.15) is 0 Å². The van der Waals surface area contributed by atoms with Crippen molar-refractivity contribution >= 4 is 34.0 Å². The summed E-state index contributed by atoms with van der Waals surface area (Å²) in [6.45, 7) is 0. The number of nitrogens with zero attached hydrogens (tertiary/aromatic N) is 3. The molecule has 1 amide bonds. The highest BCUT2D eigenvalue weighted by molar-refractivity contribution is 7.15. The lowest BCUT2D eigenvalue weighted by Gasteiger charge is -2.01. The number of anilines is 1. The van der Waals surface area contributed by atoms with E-state index in [1.807, 2.05) is 18.2 Å². The summed E-state index contributed by atoms with van der Waals surface area (Å²) in [6, 6.07) is 13.4. The maximum absolute atomic E-state index is 12.1. The summed E-state index contributed by atoms with van der Waals surface area (Å²) in [5, 5.41) is 12.3. The zero-order chi connectivity index (χ0) is 16.1. The summed E-state index contributed by atoms with van der Waals surface area (Å²) in [4.78, 5) is 16.0. The molecule has 0 bridgehead atoms. The molecule has 0 aliphatic heterocycles. The van der Waals surface area contributed by atoms with Crippen molar-refractivity contribution in [2.75, 3.05) is 5.32 Å². The molecule has 2 aromatic heterocycles. The normalized spacial score (nSPS) is 10.5. The molecule has 0 spiro atoms. The highest BCUT2D eigenvalue weighted by Crippen LogP contribution is 2.19. The molecule has 0 fully saturated rings. The van der Waals surface area contributed by atoms with E-state index in [4.69, 9.17) is 11.6 Å². The Morgan fingerprint density at radius 2 is 1.91 bits per heavy atom. The number of hydrogen-bond donors (Lipinski definition) is 1. The van der Waals surface area contributed by atoms with E-state index in [0.717, 1.165) is 17.8 Å². The molecular formula is C16H13ClN4OS. The minimum Gasteiger partial charge on any atom is -0.296 e. The number of amides is 1. The fraction of sp³-hybridized carbons (Fsp3) is 0.125. The van der Waals surface area contributed by atoms with Gasteiger partial charge >= 0.3 is 0 Å². The molecule has 0 unspecified atom stereocenters. The van der Waals surface area contributed by atoms with Gasteiger partial charge in [0.05, 0.1) is 5.56 Å². The van der Waals surface area contributed by atoms with E-state index in [1.54, 1.807) is 12.1 Å². The molecule has 116 valence electrons. The first-order chi connectivity index (χ1) is 11.2. The third-order valence-corrected chi connectivity index (χ3v) is 4.36. The quantitative estimate of drug-likeness (QED) is 0.718. The van der Waals surface area contributed by atoms with Crippen LogP contribution < -0.4 is 5.32 Å². The second kappa shape index (κ2) is 7.30. The first kappa shape index (κ1) is 15.6. The third-order valence-electron chi connectivity index (χ3n) is 3.16. The predicted octanol–water partition coefficient (Wildman–Crippen LogP) is 3.62. The van der Waals surface area contributed by atoms with Crippen LogP contribution in [0.3, 0.4) is 0 Å². The Hall–Kier alpha value is -2.31. The van der Waals surface area contributed by atoms with Crippen molar-refractivity contribution in [2.24, 2.45) is 0 Å². The molecule has 3 rings (SSSR count). The van der Waals surface area contributed by atoms with Gasteiger partial charge in [0.1, 0.15) is 10.2 Å². The van der Waals surface area contributed by atoms with Crippen LogP contribution in [0.5, 0.6) is 0 Å². The number of aromatic nitrogens is 3. The average molecular weight is 345 g/mol. The molecule has 0 saturated heterocycles. The molecule has 7 heteroatoms. The van der Waals surface area contributed by atoms with Crippen LogP contribution in [0.25, 0.3) is 0 Å². The van der Waals surface area contributed by atoms with Crippen LogP contribution in [0.4, 0.5) is 5.13 Å². The van der Waals surface area contributed by atoms with E-state index in [2.05, 4.69) is 32.6 Å². The number of aryl methyl sites for hydroxylation is 2. The number of pyridine rings is 1. The van der Waals surface area contributed by atoms with E-state index in [0.29, 0.717) is 10.7 Å². The van der Waals surface area contributed by atoms with E-state index in [-0.39, 0.29) is 11.1 Å². The van der Waals surface area contributed by atoms with Gasteiger partial charge < -0.3 is 0 Å². The largest absolute Gasteiger partial charge is 0.296 e. The van der Waals surface area contributed by atoms with Crippen LogP contribution in [-0.2, 0) is 12.8 Å². The molecule has 0 saturated carbocycles. The molecule has 1 aromatic carbocycles. The molecule has 1 N–H and O–H groups in total. The lowest BCUT2D eigenvalue weighted by Crippen LogP contribution is -2.12. The molecule has 0 atom stereocenters. The maximum atomic E-state index is 12.1. The zero-order valence-electron chi connectivity index (χ0n) is 12.1. The van der Waals surface area contributed by atoms with E-state index in [1.165, 1.54) is 23.1 Å². The molecule has 0 radical (unpaired) electrons. The second-order valence-corrected chi connectivity index (χ2v) is 6.20. The molecule has 3 aromatic rings. The number of carbonyl (C=O) groups is 1. The Balaban J connectivity index is 1.61. The van der Waals surface area contributed by atoms with Gasteiger partial charge in [-0.1, -0.05) is 53.3 Å². The highest BCUT2D eigenvalue weighted by Gasteiger charge is 2.13. The summed E-state index contributed by atoms with van der Waals surface area (Å²) in [5.41, 5.74) is 1.56. The minimum atomic E-state index is -0.339. The fourth-order valence-corrected chi connectivity index (χ4v) is 2.96. The number of benzene rings is 1. The van der Waals surface area contributed by atoms with Crippen LogP contribution in [0.15, 0.2) is 48.7 Å². The topological polar surface area (TPSA) is 67.8 Å². The highest BCUT2D eigenvalue weighted by atomic mass is 35.5. The van der Waals surface area contributed by atoms with Crippen LogP contribution in [0.2, 0.25) is 5.15 Å². The number of carbonyl (C=O) groups excluding carboxylic acids is 1. The Morgan fingerprint density at radius 1 is 1.09 bits per heavy atom. The number of halogens is 1. The molecule has 2 heterocycles. The van der Waals surface area contributed by atoms with Gasteiger partial charge in [-0.25, -0.2) is 4.98 Å². The molecule has 0 aliphatic rings. The lowest BCUT2D eigenvalue weighted by atomic mass is 10.1. The minimum absolute atomic E-state index is 0.166. The van der Waals surface area contributed by atoms with Crippen LogP contribution in [0.1, 0.15) is 20.9 Å². The average Bonchev–Trinajstić information content (AvgIpc) is 3.02. The lowest BCUT2D eigenvalue weighted by molar-refractivity contribution is 0.102. The Kier molecular flexibility index (Phi) is 4.95. The van der Waals surface area contributed by atoms with Gasteiger partial charge in [0.15, 0.2) is 0 Å². The van der Waals surface area contributed by atoms with Gasteiger partial charge in [-0.3, -0.25) is 10.1 Å². The van der Waals surface area contributed by atoms with E-state index >= 15 is 0 Å². The standard InChI is InChI=1S/C16H13ClN4OS/c17-14-12(7-4-10-18-14)15(22)19-16-21-20-13(23-16)9-8-11-5-2-1-3-6-11/h1-7,10H,8-9H2,(H,19,21,22). The van der Waals surface area contributed by atoms with E-state index in [9.17, 15) is 4.79 Å². The molecule has 5 nitrogen and oxygen atoms in total. The number of rotatable bonds is 5. The first-order valence-corrected chi connectivity index (χ1v) is 8.20. The fourth-order valence-electron chi connectivity index (χ4n) is 2.02. The molecule has 0 aliphatic carbocycles. The van der Waals surface area contributed by atoms with Crippen molar-refractivity contribution in [3.8, 4) is 0 Å². The van der Waals surface area contributed by atoms with Gasteiger partial charge in [0.2, 0.25) is 5.13 Å². The van der Waals surface area contributed by atoms with Crippen LogP contribution in [0, 0.1) is 0 Å². The second-order valence-electron chi connectivity index (χ2n) is 4.78. The van der Waals surface area contributed by atoms with Gasteiger partial charge in [0.25, 0.3) is 5.91 Å². The van der Waals surface area contributed by atoms with Crippen molar-refractivity contribution in [1.29, 1.82) is 0 Å². The summed E-state index contributed by atoms with van der Waals surface area (Å²) in [5.74, 6) is -0.339. The Labute approximate surface area is 142 Å². The van der Waals surface area contributed by atoms with E-state index < -0.39 is 0 Å². The molecular weight excluding hydrogens is 332 g/mol. The Morgan fingerprint density at radius 3 is 2.70 bits per heavy atom. The van der Waals surface area contributed by atoms with Crippen molar-refractivity contribution < 1.29 is 4.79 Å². The number of hydrogen-bond acceptors (Lipinski definition) is 5. The zero-order valence-corrected chi connectivity index (χ0v) is 13.6. The van der Waals surface area contributed by atoms with Crippen molar-refractivity contribution in [2.45, 2.75) is 12.8 Å². The Bertz CT molecular complexity index is 807. The monoisotopic (exact) mass is 344 g/mol. The van der Waals surface area contributed by atoms with Gasteiger partial charge in [-0.15, -0.1) is 10.2 Å².